The molecule has 0 unspecified atom stereocenters. The van der Waals surface area contributed by atoms with Gasteiger partial charge in [0, 0.05) is 44.7 Å². The fourth-order valence-corrected chi connectivity index (χ4v) is 5.93. The zero-order chi connectivity index (χ0) is 30.4. The van der Waals surface area contributed by atoms with Crippen LogP contribution in [-0.2, 0) is 22.3 Å². The largest absolute Gasteiger partial charge is 0.496 e. The Morgan fingerprint density at radius 1 is 1.13 bits per heavy atom. The number of hydrogen-bond donors (Lipinski definition) is 1. The molecule has 0 bridgehead atoms. The van der Waals surface area contributed by atoms with Gasteiger partial charge in [-0.05, 0) is 49.4 Å². The topological polar surface area (TPSA) is 96.9 Å². The van der Waals surface area contributed by atoms with Gasteiger partial charge < -0.3 is 15.4 Å². The summed E-state index contributed by atoms with van der Waals surface area (Å²) in [5, 5.41) is 4.17. The summed E-state index contributed by atoms with van der Waals surface area (Å²) in [7, 11) is -2.68. The number of nitrogens with zero attached hydrogens (tertiary/aromatic N) is 5. The zero-order valence-electron chi connectivity index (χ0n) is 24.8. The molecule has 2 saturated heterocycles. The average Bonchev–Trinajstić information content (AvgIpc) is 3.49. The molecule has 9 nitrogen and oxygen atoms in total. The molecule has 2 aromatic rings. The second-order valence-corrected chi connectivity index (χ2v) is 10.6. The molecule has 0 spiro atoms. The van der Waals surface area contributed by atoms with Crippen LogP contribution in [0, 0.1) is 6.92 Å². The number of nitrogens with two attached hydrogens (primary N) is 1. The highest BCUT2D eigenvalue weighted by Gasteiger charge is 2.44. The van der Waals surface area contributed by atoms with E-state index in [0.29, 0.717) is 56.0 Å². The van der Waals surface area contributed by atoms with Gasteiger partial charge >= 0.3 is 6.18 Å². The van der Waals surface area contributed by atoms with Gasteiger partial charge in [-0.25, -0.2) is 0 Å². The van der Waals surface area contributed by atoms with E-state index in [0.717, 1.165) is 23.6 Å². The number of carbonyl (C=O) groups excluding carboxylic acids is 2. The lowest BCUT2D eigenvalue weighted by molar-refractivity contribution is -0.146. The molecular weight excluding hydrogens is 513 g/mol. The van der Waals surface area contributed by atoms with Gasteiger partial charge in [-0.15, -0.1) is 0 Å². The molecule has 5 rings (SSSR count). The molecule has 12 heteroatoms. The Hall–Kier alpha value is -3.12. The van der Waals surface area contributed by atoms with Crippen LogP contribution in [0.2, 0.25) is 0 Å². The van der Waals surface area contributed by atoms with Crippen LogP contribution < -0.4 is 10.5 Å². The molecule has 0 radical (unpaired) electrons. The molecule has 2 amide bonds. The van der Waals surface area contributed by atoms with Crippen LogP contribution >= 0.6 is 0 Å². The predicted molar refractivity (Wildman–Crippen MR) is 137 cm³/mol. The molecule has 39 heavy (non-hydrogen) atoms. The molecule has 2 atom stereocenters. The van der Waals surface area contributed by atoms with Crippen LogP contribution in [0.4, 0.5) is 13.2 Å². The number of alkyl halides is 3. The first-order valence-corrected chi connectivity index (χ1v) is 13.2. The van der Waals surface area contributed by atoms with Gasteiger partial charge in [0.15, 0.2) is 0 Å². The van der Waals surface area contributed by atoms with E-state index in [1.165, 1.54) is 0 Å². The summed E-state index contributed by atoms with van der Waals surface area (Å²) in [5.74, 6) is -0.782. The summed E-state index contributed by atoms with van der Waals surface area (Å²) in [6, 6.07) is 5.29. The third kappa shape index (κ3) is 5.76. The SMILES string of the molecule is [2H]C([2H])([2H])Oc1cccc([C@H]2[C@@H](N3CCN(CC(N)=O)CC3)CCN2C(=O)Cn2nc(C3CC3)cc2C(F)(F)F)c1C. The number of piperazine rings is 1. The predicted octanol–water partition coefficient (Wildman–Crippen LogP) is 2.54. The minimum atomic E-state index is -4.66. The third-order valence-electron chi connectivity index (χ3n) is 8.07. The lowest BCUT2D eigenvalue weighted by Gasteiger charge is -2.41. The van der Waals surface area contributed by atoms with Gasteiger partial charge in [-0.3, -0.25) is 24.1 Å². The molecule has 3 heterocycles. The van der Waals surface area contributed by atoms with E-state index in [1.54, 1.807) is 30.0 Å². The first kappa shape index (κ1) is 23.7. The summed E-state index contributed by atoms with van der Waals surface area (Å²) >= 11 is 0. The number of carbonyl (C=O) groups is 2. The standard InChI is InChI=1S/C27H35F3N6O3/c1-17-19(4-3-5-22(17)39-2)26-21(34-12-10-33(11-13-34)15-24(31)37)8-9-35(26)25(38)16-36-23(27(28,29)30)14-20(32-36)18-6-7-18/h3-5,14,18,21,26H,6-13,15-16H2,1-2H3,(H2,31,37)/t21-,26-/m0/s1/i2D3. The first-order chi connectivity index (χ1) is 19.7. The van der Waals surface area contributed by atoms with Crippen molar-refractivity contribution in [2.75, 3.05) is 46.3 Å². The molecular formula is C27H35F3N6O3. The Morgan fingerprint density at radius 2 is 1.87 bits per heavy atom. The van der Waals surface area contributed by atoms with E-state index in [2.05, 4.69) is 10.00 Å². The van der Waals surface area contributed by atoms with Gasteiger partial charge in [0.1, 0.15) is 18.0 Å². The van der Waals surface area contributed by atoms with E-state index in [1.807, 2.05) is 4.90 Å². The number of hydrogen-bond acceptors (Lipinski definition) is 6. The second kappa shape index (κ2) is 10.8. The van der Waals surface area contributed by atoms with Gasteiger partial charge in [0.2, 0.25) is 11.8 Å². The number of amides is 2. The Balaban J connectivity index is 1.45. The van der Waals surface area contributed by atoms with E-state index in [4.69, 9.17) is 14.6 Å². The van der Waals surface area contributed by atoms with Crippen LogP contribution in [0.1, 0.15) is 57.8 Å². The molecule has 2 aliphatic heterocycles. The summed E-state index contributed by atoms with van der Waals surface area (Å²) in [6.45, 7) is 3.98. The van der Waals surface area contributed by atoms with Crippen LogP contribution in [-0.4, -0.2) is 88.6 Å². The number of halogens is 3. The number of aromatic nitrogens is 2. The number of methoxy groups -OCH3 is 1. The molecule has 212 valence electrons. The molecule has 3 fully saturated rings. The van der Waals surface area contributed by atoms with Crippen molar-refractivity contribution in [3.63, 3.8) is 0 Å². The molecule has 1 aromatic carbocycles. The summed E-state index contributed by atoms with van der Waals surface area (Å²) < 4.78 is 70.3. The quantitative estimate of drug-likeness (QED) is 0.542. The lowest BCUT2D eigenvalue weighted by atomic mass is 9.93. The molecule has 3 aliphatic rings. The number of ether oxygens (including phenoxy) is 1. The average molecular weight is 552 g/mol. The lowest BCUT2D eigenvalue weighted by Crippen LogP contribution is -2.53. The Kier molecular flexibility index (Phi) is 6.58. The summed E-state index contributed by atoms with van der Waals surface area (Å²) in [4.78, 5) is 31.0. The Labute approximate surface area is 229 Å². The van der Waals surface area contributed by atoms with E-state index >= 15 is 0 Å². The maximum Gasteiger partial charge on any atom is 0.433 e. The van der Waals surface area contributed by atoms with Gasteiger partial charge in [-0.2, -0.15) is 18.3 Å². The molecule has 1 aromatic heterocycles. The van der Waals surface area contributed by atoms with E-state index in [9.17, 15) is 22.8 Å². The maximum atomic E-state index is 13.9. The van der Waals surface area contributed by atoms with Crippen molar-refractivity contribution in [2.45, 2.75) is 56.9 Å². The minimum Gasteiger partial charge on any atom is -0.496 e. The van der Waals surface area contributed by atoms with Gasteiger partial charge in [0.05, 0.1) is 29.4 Å². The van der Waals surface area contributed by atoms with Crippen LogP contribution in [0.5, 0.6) is 5.75 Å². The number of rotatable bonds is 8. The number of likely N-dealkylation sites (tertiary alicyclic amines) is 1. The van der Waals surface area contributed by atoms with Crippen molar-refractivity contribution in [1.29, 1.82) is 0 Å². The van der Waals surface area contributed by atoms with Crippen molar-refractivity contribution in [1.82, 2.24) is 24.5 Å². The number of benzene rings is 1. The summed E-state index contributed by atoms with van der Waals surface area (Å²) in [6.07, 6.45) is -2.54. The van der Waals surface area contributed by atoms with Crippen LogP contribution in [0.15, 0.2) is 24.3 Å². The fourth-order valence-electron chi connectivity index (χ4n) is 5.93. The molecule has 1 aliphatic carbocycles. The zero-order valence-corrected chi connectivity index (χ0v) is 21.8. The van der Waals surface area contributed by atoms with Crippen molar-refractivity contribution >= 4 is 11.8 Å². The monoisotopic (exact) mass is 551 g/mol. The highest BCUT2D eigenvalue weighted by molar-refractivity contribution is 5.77. The molecule has 2 N–H and O–H groups in total. The van der Waals surface area contributed by atoms with Crippen molar-refractivity contribution in [2.24, 2.45) is 5.73 Å². The van der Waals surface area contributed by atoms with Crippen LogP contribution in [0.25, 0.3) is 0 Å². The van der Waals surface area contributed by atoms with Gasteiger partial charge in [0.25, 0.3) is 0 Å². The molecule has 1 saturated carbocycles. The third-order valence-corrected chi connectivity index (χ3v) is 8.07. The maximum absolute atomic E-state index is 13.9. The first-order valence-electron chi connectivity index (χ1n) is 14.7. The van der Waals surface area contributed by atoms with E-state index < -0.39 is 43.3 Å². The fraction of sp³-hybridized carbons (Fsp3) is 0.593. The minimum absolute atomic E-state index is 0.0109. The van der Waals surface area contributed by atoms with Crippen molar-refractivity contribution < 1.29 is 31.6 Å². The normalized spacial score (nSPS) is 24.3. The van der Waals surface area contributed by atoms with Crippen molar-refractivity contribution in [3.05, 3.63) is 46.8 Å². The highest BCUT2D eigenvalue weighted by atomic mass is 19.4. The van der Waals surface area contributed by atoms with Crippen LogP contribution in [0.3, 0.4) is 0 Å². The Morgan fingerprint density at radius 3 is 2.51 bits per heavy atom. The smallest absolute Gasteiger partial charge is 0.433 e. The van der Waals surface area contributed by atoms with Crippen molar-refractivity contribution in [3.8, 4) is 5.75 Å². The Bertz CT molecular complexity index is 1320. The van der Waals surface area contributed by atoms with E-state index in [-0.39, 0.29) is 24.3 Å². The number of primary amides is 1. The second-order valence-electron chi connectivity index (χ2n) is 10.6. The van der Waals surface area contributed by atoms with Gasteiger partial charge in [-0.1, -0.05) is 12.1 Å². The highest BCUT2D eigenvalue weighted by Crippen LogP contribution is 2.42. The summed E-state index contributed by atoms with van der Waals surface area (Å²) in [5.41, 5.74) is 5.98.